The summed E-state index contributed by atoms with van der Waals surface area (Å²) in [6, 6.07) is 5.19. The Kier molecular flexibility index (Phi) is 2.33. The Morgan fingerprint density at radius 2 is 2.36 bits per heavy atom. The average molecular weight is 212 g/mol. The van der Waals surface area contributed by atoms with Gasteiger partial charge in [-0.05, 0) is 25.1 Å². The molecule has 1 aromatic carbocycles. The van der Waals surface area contributed by atoms with Crippen molar-refractivity contribution < 1.29 is 9.53 Å². The van der Waals surface area contributed by atoms with Crippen LogP contribution in [-0.2, 0) is 4.79 Å². The summed E-state index contributed by atoms with van der Waals surface area (Å²) in [4.78, 5) is 11.3. The third-order valence-corrected chi connectivity index (χ3v) is 2.25. The summed E-state index contributed by atoms with van der Waals surface area (Å²) in [5.74, 6) is 0.631. The molecule has 74 valence electrons. The van der Waals surface area contributed by atoms with Gasteiger partial charge in [-0.3, -0.25) is 4.79 Å². The summed E-state index contributed by atoms with van der Waals surface area (Å²) < 4.78 is 5.54. The molecule has 1 unspecified atom stereocenters. The third-order valence-electron chi connectivity index (χ3n) is 2.02. The summed E-state index contributed by atoms with van der Waals surface area (Å²) in [5, 5.41) is 3.33. The number of ether oxygens (including phenoxy) is 1. The largest absolute Gasteiger partial charge is 0.488 e. The van der Waals surface area contributed by atoms with E-state index in [-0.39, 0.29) is 12.0 Å². The lowest BCUT2D eigenvalue weighted by Gasteiger charge is -2.10. The monoisotopic (exact) mass is 211 g/mol. The number of carbonyl (C=O) groups is 1. The molecule has 1 aromatic rings. The van der Waals surface area contributed by atoms with Crippen molar-refractivity contribution in [3.8, 4) is 5.75 Å². The maximum absolute atomic E-state index is 11.3. The Morgan fingerprint density at radius 1 is 1.57 bits per heavy atom. The molecule has 0 fully saturated rings. The molecule has 1 atom stereocenters. The number of rotatable bonds is 0. The Bertz CT molecular complexity index is 378. The van der Waals surface area contributed by atoms with E-state index in [2.05, 4.69) is 5.32 Å². The first kappa shape index (κ1) is 9.34. The molecule has 4 heteroatoms. The molecular weight excluding hydrogens is 202 g/mol. The van der Waals surface area contributed by atoms with Crippen LogP contribution in [-0.4, -0.2) is 12.0 Å². The van der Waals surface area contributed by atoms with Crippen LogP contribution < -0.4 is 10.1 Å². The zero-order chi connectivity index (χ0) is 10.1. The average Bonchev–Trinajstić information content (AvgIpc) is 2.21. The number of fused-ring (bicyclic) bond motifs is 1. The van der Waals surface area contributed by atoms with E-state index in [0.29, 0.717) is 22.9 Å². The van der Waals surface area contributed by atoms with Crippen LogP contribution in [0, 0.1) is 0 Å². The van der Waals surface area contributed by atoms with Crippen molar-refractivity contribution in [1.29, 1.82) is 0 Å². The van der Waals surface area contributed by atoms with Gasteiger partial charge >= 0.3 is 0 Å². The molecule has 1 heterocycles. The van der Waals surface area contributed by atoms with Gasteiger partial charge in [-0.25, -0.2) is 0 Å². The molecule has 0 bridgehead atoms. The maximum atomic E-state index is 11.3. The molecule has 1 aliphatic heterocycles. The highest BCUT2D eigenvalue weighted by Gasteiger charge is 2.18. The van der Waals surface area contributed by atoms with Crippen LogP contribution in [0.2, 0.25) is 5.02 Å². The fourth-order valence-electron chi connectivity index (χ4n) is 1.42. The molecule has 0 radical (unpaired) electrons. The van der Waals surface area contributed by atoms with Crippen molar-refractivity contribution in [2.24, 2.45) is 0 Å². The smallest absolute Gasteiger partial charge is 0.228 e. The highest BCUT2D eigenvalue weighted by molar-refractivity contribution is 6.31. The number of halogens is 1. The molecular formula is C10H10ClNO2. The summed E-state index contributed by atoms with van der Waals surface area (Å²) in [6.45, 7) is 1.86. The van der Waals surface area contributed by atoms with Gasteiger partial charge in [0.15, 0.2) is 0 Å². The quantitative estimate of drug-likeness (QED) is 0.716. The van der Waals surface area contributed by atoms with Crippen molar-refractivity contribution in [3.05, 3.63) is 23.2 Å². The molecule has 1 aliphatic rings. The normalized spacial score (nSPS) is 20.4. The van der Waals surface area contributed by atoms with Crippen LogP contribution >= 0.6 is 11.6 Å². The number of benzene rings is 1. The van der Waals surface area contributed by atoms with E-state index in [0.717, 1.165) is 0 Å². The van der Waals surface area contributed by atoms with E-state index in [1.165, 1.54) is 0 Å². The van der Waals surface area contributed by atoms with Gasteiger partial charge in [0.05, 0.1) is 12.1 Å². The van der Waals surface area contributed by atoms with Crippen LogP contribution in [0.25, 0.3) is 0 Å². The van der Waals surface area contributed by atoms with Crippen molar-refractivity contribution in [3.63, 3.8) is 0 Å². The zero-order valence-corrected chi connectivity index (χ0v) is 8.47. The van der Waals surface area contributed by atoms with Gasteiger partial charge in [0, 0.05) is 5.02 Å². The van der Waals surface area contributed by atoms with Crippen LogP contribution in [0.5, 0.6) is 5.75 Å². The van der Waals surface area contributed by atoms with E-state index in [4.69, 9.17) is 16.3 Å². The number of carbonyl (C=O) groups excluding carboxylic acids is 1. The lowest BCUT2D eigenvalue weighted by molar-refractivity contribution is -0.117. The molecule has 2 rings (SSSR count). The predicted molar refractivity (Wildman–Crippen MR) is 54.8 cm³/mol. The van der Waals surface area contributed by atoms with E-state index >= 15 is 0 Å². The Hall–Kier alpha value is -1.22. The number of anilines is 1. The molecule has 14 heavy (non-hydrogen) atoms. The first-order valence-corrected chi connectivity index (χ1v) is 4.79. The third kappa shape index (κ3) is 1.82. The standard InChI is InChI=1S/C10H10ClNO2/c1-6-4-10(13)12-8-5-7(11)2-3-9(8)14-6/h2-3,5-6H,4H2,1H3,(H,12,13). The van der Waals surface area contributed by atoms with Gasteiger partial charge in [-0.2, -0.15) is 0 Å². The Morgan fingerprint density at radius 3 is 3.14 bits per heavy atom. The number of hydrogen-bond acceptors (Lipinski definition) is 2. The van der Waals surface area contributed by atoms with Crippen LogP contribution in [0.15, 0.2) is 18.2 Å². The highest BCUT2D eigenvalue weighted by Crippen LogP contribution is 2.31. The molecule has 0 aromatic heterocycles. The minimum absolute atomic E-state index is 0.0430. The first-order chi connectivity index (χ1) is 6.65. The fraction of sp³-hybridized carbons (Fsp3) is 0.300. The van der Waals surface area contributed by atoms with Gasteiger partial charge in [0.2, 0.25) is 5.91 Å². The number of amides is 1. The summed E-state index contributed by atoms with van der Waals surface area (Å²) >= 11 is 5.81. The number of nitrogens with one attached hydrogen (secondary N) is 1. The summed E-state index contributed by atoms with van der Waals surface area (Å²) in [7, 11) is 0. The van der Waals surface area contributed by atoms with Gasteiger partial charge < -0.3 is 10.1 Å². The molecule has 3 nitrogen and oxygen atoms in total. The SMILES string of the molecule is CC1CC(=O)Nc2cc(Cl)ccc2O1. The van der Waals surface area contributed by atoms with Gasteiger partial charge in [0.25, 0.3) is 0 Å². The number of hydrogen-bond donors (Lipinski definition) is 1. The summed E-state index contributed by atoms with van der Waals surface area (Å²) in [6.07, 6.45) is 0.268. The van der Waals surface area contributed by atoms with E-state index in [9.17, 15) is 4.79 Å². The first-order valence-electron chi connectivity index (χ1n) is 4.41. The fourth-order valence-corrected chi connectivity index (χ4v) is 1.60. The molecule has 0 aliphatic carbocycles. The van der Waals surface area contributed by atoms with Gasteiger partial charge in [-0.1, -0.05) is 11.6 Å². The van der Waals surface area contributed by atoms with Gasteiger partial charge in [0.1, 0.15) is 11.9 Å². The summed E-state index contributed by atoms with van der Waals surface area (Å²) in [5.41, 5.74) is 0.645. The second-order valence-corrected chi connectivity index (χ2v) is 3.76. The second-order valence-electron chi connectivity index (χ2n) is 3.32. The van der Waals surface area contributed by atoms with Crippen molar-refractivity contribution in [2.45, 2.75) is 19.4 Å². The minimum atomic E-state index is -0.0996. The lowest BCUT2D eigenvalue weighted by atomic mass is 10.3. The van der Waals surface area contributed by atoms with Crippen molar-refractivity contribution in [1.82, 2.24) is 0 Å². The molecule has 0 saturated carbocycles. The van der Waals surface area contributed by atoms with E-state index in [1.807, 2.05) is 6.92 Å². The Labute approximate surface area is 87.0 Å². The van der Waals surface area contributed by atoms with E-state index < -0.39 is 0 Å². The van der Waals surface area contributed by atoms with Crippen LogP contribution in [0.1, 0.15) is 13.3 Å². The molecule has 1 amide bonds. The zero-order valence-electron chi connectivity index (χ0n) is 7.71. The molecule has 1 N–H and O–H groups in total. The molecule has 0 spiro atoms. The maximum Gasteiger partial charge on any atom is 0.228 e. The molecule has 0 saturated heterocycles. The van der Waals surface area contributed by atoms with Crippen LogP contribution in [0.4, 0.5) is 5.69 Å². The second kappa shape index (κ2) is 3.50. The van der Waals surface area contributed by atoms with Crippen molar-refractivity contribution in [2.75, 3.05) is 5.32 Å². The van der Waals surface area contributed by atoms with Crippen LogP contribution in [0.3, 0.4) is 0 Å². The van der Waals surface area contributed by atoms with E-state index in [1.54, 1.807) is 18.2 Å². The predicted octanol–water partition coefficient (Wildman–Crippen LogP) is 2.45. The van der Waals surface area contributed by atoms with Gasteiger partial charge in [-0.15, -0.1) is 0 Å². The van der Waals surface area contributed by atoms with Crippen molar-refractivity contribution >= 4 is 23.2 Å². The lowest BCUT2D eigenvalue weighted by Crippen LogP contribution is -2.17. The Balaban J connectivity index is 2.41. The topological polar surface area (TPSA) is 38.3 Å². The highest BCUT2D eigenvalue weighted by atomic mass is 35.5. The minimum Gasteiger partial charge on any atom is -0.488 e.